The van der Waals surface area contributed by atoms with Gasteiger partial charge in [-0.2, -0.15) is 5.43 Å². The van der Waals surface area contributed by atoms with Crippen molar-refractivity contribution in [1.29, 1.82) is 0 Å². The zero-order valence-corrected chi connectivity index (χ0v) is 39.3. The Kier molecular flexibility index (Phi) is 13.8. The average molecular weight is 907 g/mol. The van der Waals surface area contributed by atoms with Gasteiger partial charge in [-0.1, -0.05) is 64.6 Å². The van der Waals surface area contributed by atoms with Gasteiger partial charge in [0.15, 0.2) is 11.5 Å². The largest absolute Gasteiger partial charge is 0.462 e. The van der Waals surface area contributed by atoms with E-state index in [0.29, 0.717) is 18.5 Å². The van der Waals surface area contributed by atoms with Crippen molar-refractivity contribution in [1.82, 2.24) is 30.2 Å². The van der Waals surface area contributed by atoms with Crippen LogP contribution in [0.25, 0.3) is 33.3 Å². The molecule has 0 spiro atoms. The third-order valence-electron chi connectivity index (χ3n) is 13.5. The number of halogens is 1. The maximum Gasteiger partial charge on any atom is 0.355 e. The van der Waals surface area contributed by atoms with Crippen molar-refractivity contribution >= 4 is 40.4 Å². The molecule has 66 heavy (non-hydrogen) atoms. The minimum Gasteiger partial charge on any atom is -0.462 e. The fourth-order valence-electron chi connectivity index (χ4n) is 9.91. The van der Waals surface area contributed by atoms with Gasteiger partial charge in [0.2, 0.25) is 11.6 Å². The number of likely N-dealkylation sites (N-methyl/N-ethyl adjacent to an activating group) is 1. The number of nitrogens with one attached hydrogen (secondary N) is 2. The molecule has 14 nitrogen and oxygen atoms in total. The Balaban J connectivity index is 1.31. The van der Waals surface area contributed by atoms with Crippen molar-refractivity contribution in [3.8, 4) is 22.4 Å². The predicted molar refractivity (Wildman–Crippen MR) is 248 cm³/mol. The van der Waals surface area contributed by atoms with E-state index in [2.05, 4.69) is 53.1 Å². The Morgan fingerprint density at radius 1 is 1.11 bits per heavy atom. The van der Waals surface area contributed by atoms with E-state index in [-0.39, 0.29) is 57.1 Å². The van der Waals surface area contributed by atoms with Crippen LogP contribution in [0.1, 0.15) is 90.2 Å². The van der Waals surface area contributed by atoms with Gasteiger partial charge in [0.05, 0.1) is 24.1 Å². The lowest BCUT2D eigenvalue weighted by Crippen LogP contribution is -2.67. The van der Waals surface area contributed by atoms with Gasteiger partial charge in [0.25, 0.3) is 11.8 Å². The van der Waals surface area contributed by atoms with Gasteiger partial charge in [0, 0.05) is 86.9 Å². The Bertz CT molecular complexity index is 2550. The number of hydrogen-bond acceptors (Lipinski definition) is 10. The third kappa shape index (κ3) is 9.30. The number of alkyl halides is 1. The molecule has 2 aromatic carbocycles. The van der Waals surface area contributed by atoms with E-state index < -0.39 is 64.4 Å². The Morgan fingerprint density at radius 3 is 2.52 bits per heavy atom. The number of benzene rings is 2. The molecular formula is C51H63FN6O8. The van der Waals surface area contributed by atoms with Crippen LogP contribution in [0.2, 0.25) is 0 Å². The number of nitrogens with zero attached hydrogens (tertiary/aromatic N) is 4. The van der Waals surface area contributed by atoms with Crippen LogP contribution in [0.15, 0.2) is 73.4 Å². The lowest BCUT2D eigenvalue weighted by Gasteiger charge is -2.43. The zero-order chi connectivity index (χ0) is 47.9. The number of hydrazine groups is 1. The number of hydrogen-bond donors (Lipinski definition) is 3. The zero-order valence-electron chi connectivity index (χ0n) is 39.3. The second kappa shape index (κ2) is 18.8. The van der Waals surface area contributed by atoms with Crippen LogP contribution in [0.5, 0.6) is 0 Å². The SMILES string of the molecule is C=CC(=O)C1CC(F)(C(=O)N(C)[C@H](C(=O)N[C@H]2Cc3cccc(c3)-c3ccc4c(c3)c(c(-c3cccnc3[C@H](C)OC)n4CC)CC(C)(C)COC(=O)[C@@]3(O)CCCN(N3)C2=O)C(C)C)C1. The van der Waals surface area contributed by atoms with E-state index in [1.54, 1.807) is 27.2 Å². The van der Waals surface area contributed by atoms with Crippen LogP contribution in [0, 0.1) is 17.3 Å². The molecule has 0 radical (unpaired) electrons. The topological polar surface area (TPSA) is 172 Å². The molecule has 2 aromatic heterocycles. The van der Waals surface area contributed by atoms with Gasteiger partial charge < -0.3 is 29.4 Å². The number of ketones is 1. The second-order valence-electron chi connectivity index (χ2n) is 19.3. The third-order valence-corrected chi connectivity index (χ3v) is 13.5. The molecule has 6 bridgehead atoms. The first-order chi connectivity index (χ1) is 31.2. The molecule has 4 aromatic rings. The second-order valence-corrected chi connectivity index (χ2v) is 19.3. The molecule has 4 heterocycles. The number of aromatic nitrogens is 2. The summed E-state index contributed by atoms with van der Waals surface area (Å²) in [6, 6.07) is 15.5. The van der Waals surface area contributed by atoms with Gasteiger partial charge in [-0.15, -0.1) is 0 Å². The molecule has 3 N–H and O–H groups in total. The van der Waals surface area contributed by atoms with Crippen LogP contribution in [-0.4, -0.2) is 105 Å². The summed E-state index contributed by atoms with van der Waals surface area (Å²) in [5.41, 5.74) is 4.69. The Morgan fingerprint density at radius 2 is 1.83 bits per heavy atom. The van der Waals surface area contributed by atoms with Crippen LogP contribution < -0.4 is 10.7 Å². The Hall–Kier alpha value is -5.77. The summed E-state index contributed by atoms with van der Waals surface area (Å²) in [6.45, 7) is 15.7. The fraction of sp³-hybridized carbons (Fsp3) is 0.490. The number of aryl methyl sites for hydroxylation is 1. The van der Waals surface area contributed by atoms with Gasteiger partial charge >= 0.3 is 5.97 Å². The molecule has 4 atom stereocenters. The highest BCUT2D eigenvalue weighted by Crippen LogP contribution is 2.44. The highest BCUT2D eigenvalue weighted by Gasteiger charge is 2.55. The molecule has 15 heteroatoms. The van der Waals surface area contributed by atoms with Gasteiger partial charge in [-0.25, -0.2) is 9.18 Å². The maximum atomic E-state index is 16.0. The molecule has 2 fully saturated rings. The number of cyclic esters (lactones) is 1. The lowest BCUT2D eigenvalue weighted by molar-refractivity contribution is -0.189. The first-order valence-corrected chi connectivity index (χ1v) is 22.9. The molecule has 0 unspecified atom stereocenters. The highest BCUT2D eigenvalue weighted by molar-refractivity contribution is 5.98. The molecule has 1 saturated heterocycles. The molecule has 3 aliphatic rings. The first kappa shape index (κ1) is 48.2. The summed E-state index contributed by atoms with van der Waals surface area (Å²) in [6.07, 6.45) is 2.61. The van der Waals surface area contributed by atoms with Crippen molar-refractivity contribution in [2.75, 3.05) is 27.3 Å². The molecule has 1 saturated carbocycles. The number of ether oxygens (including phenoxy) is 2. The summed E-state index contributed by atoms with van der Waals surface area (Å²) in [4.78, 5) is 74.7. The average Bonchev–Trinajstić information content (AvgIpc) is 3.59. The molecule has 7 rings (SSSR count). The van der Waals surface area contributed by atoms with E-state index in [9.17, 15) is 29.1 Å². The number of aliphatic hydroxyl groups is 1. The van der Waals surface area contributed by atoms with E-state index >= 15 is 4.39 Å². The van der Waals surface area contributed by atoms with Crippen LogP contribution in [0.4, 0.5) is 4.39 Å². The van der Waals surface area contributed by atoms with Crippen molar-refractivity contribution in [2.45, 2.75) is 116 Å². The van der Waals surface area contributed by atoms with E-state index in [0.717, 1.165) is 60.5 Å². The van der Waals surface area contributed by atoms with E-state index in [1.807, 2.05) is 51.1 Å². The first-order valence-electron chi connectivity index (χ1n) is 22.9. The molecule has 352 valence electrons. The van der Waals surface area contributed by atoms with Crippen LogP contribution in [-0.2, 0) is 52.8 Å². The molecule has 2 aliphatic heterocycles. The van der Waals surface area contributed by atoms with Crippen molar-refractivity contribution in [3.63, 3.8) is 0 Å². The minimum absolute atomic E-state index is 0.0140. The van der Waals surface area contributed by atoms with Crippen molar-refractivity contribution in [2.24, 2.45) is 17.3 Å². The number of amides is 3. The number of methoxy groups -OCH3 is 1. The summed E-state index contributed by atoms with van der Waals surface area (Å²) >= 11 is 0. The highest BCUT2D eigenvalue weighted by atomic mass is 19.1. The van der Waals surface area contributed by atoms with Gasteiger partial charge in [-0.05, 0) is 85.2 Å². The summed E-state index contributed by atoms with van der Waals surface area (Å²) in [5.74, 6) is -4.73. The molecule has 3 amide bonds. The minimum atomic E-state index is -2.33. The number of carbonyl (C=O) groups excluding carboxylic acids is 5. The van der Waals surface area contributed by atoms with Crippen LogP contribution >= 0.6 is 0 Å². The van der Waals surface area contributed by atoms with Gasteiger partial charge in [0.1, 0.15) is 12.1 Å². The lowest BCUT2D eigenvalue weighted by atomic mass is 9.69. The molecule has 1 aliphatic carbocycles. The number of allylic oxidation sites excluding steroid dienone is 1. The fourth-order valence-corrected chi connectivity index (χ4v) is 9.91. The smallest absolute Gasteiger partial charge is 0.355 e. The summed E-state index contributed by atoms with van der Waals surface area (Å²) in [5, 5.41) is 16.9. The molecular weight excluding hydrogens is 844 g/mol. The maximum absolute atomic E-state index is 16.0. The summed E-state index contributed by atoms with van der Waals surface area (Å²) < 4.78 is 30.0. The number of pyridine rings is 1. The number of esters is 1. The van der Waals surface area contributed by atoms with E-state index in [1.165, 1.54) is 7.05 Å². The summed E-state index contributed by atoms with van der Waals surface area (Å²) in [7, 11) is 3.00. The standard InChI is InChI=1S/C51H63FN6O8/c1-10-41(59)35-26-50(52,27-35)47(62)56(8)43(30(3)4)45(60)54-39-24-32-15-12-16-33(23-32)34-18-19-40-37(25-34)38(44(57(40)11-2)36-17-13-21-53-42(36)31(5)65-9)28-49(6,7)29-66-48(63)51(64)20-14-22-58(55-51)46(39)61/h10,12-13,15-19,21,23,25,30-31,35,39,43,55,64H,1,11,14,20,22,24,26-29H2,2-9H3,(H,54,60)/t31-,35?,39-,43-,50?,51-/m0/s1. The Labute approximate surface area is 385 Å². The van der Waals surface area contributed by atoms with Crippen molar-refractivity contribution < 1.29 is 42.9 Å². The number of rotatable bonds is 11. The predicted octanol–water partition coefficient (Wildman–Crippen LogP) is 6.42. The quantitative estimate of drug-likeness (QED) is 0.113. The monoisotopic (exact) mass is 906 g/mol. The normalized spacial score (nSPS) is 24.1. The number of carbonyl (C=O) groups is 5. The van der Waals surface area contributed by atoms with Crippen LogP contribution in [0.3, 0.4) is 0 Å². The van der Waals surface area contributed by atoms with Gasteiger partial charge in [-0.3, -0.25) is 29.2 Å². The number of fused-ring (bicyclic) bond motifs is 6. The van der Waals surface area contributed by atoms with E-state index in [4.69, 9.17) is 14.5 Å². The van der Waals surface area contributed by atoms with Crippen molar-refractivity contribution in [3.05, 3.63) is 90.3 Å².